The lowest BCUT2D eigenvalue weighted by atomic mass is 10.1. The van der Waals surface area contributed by atoms with Crippen molar-refractivity contribution in [2.24, 2.45) is 7.05 Å². The SMILES string of the molecule is COc1cc2c(C#C[Si](C)(C)C)cn(C)c2cc1OC. The van der Waals surface area contributed by atoms with Gasteiger partial charge >= 0.3 is 0 Å². The molecule has 1 aromatic heterocycles. The molecule has 20 heavy (non-hydrogen) atoms. The van der Waals surface area contributed by atoms with E-state index in [4.69, 9.17) is 9.47 Å². The topological polar surface area (TPSA) is 23.4 Å². The molecule has 2 aromatic rings. The summed E-state index contributed by atoms with van der Waals surface area (Å²) in [7, 11) is 3.94. The van der Waals surface area contributed by atoms with E-state index in [1.54, 1.807) is 14.2 Å². The van der Waals surface area contributed by atoms with Crippen LogP contribution < -0.4 is 9.47 Å². The van der Waals surface area contributed by atoms with Crippen molar-refractivity contribution in [3.63, 3.8) is 0 Å². The third-order valence-corrected chi connectivity index (χ3v) is 3.94. The van der Waals surface area contributed by atoms with Crippen molar-refractivity contribution in [3.8, 4) is 23.0 Å². The second-order valence-electron chi connectivity index (χ2n) is 5.88. The summed E-state index contributed by atoms with van der Waals surface area (Å²) in [5, 5.41) is 1.11. The van der Waals surface area contributed by atoms with Crippen molar-refractivity contribution in [1.29, 1.82) is 0 Å². The van der Waals surface area contributed by atoms with E-state index in [-0.39, 0.29) is 0 Å². The van der Waals surface area contributed by atoms with E-state index in [0.717, 1.165) is 28.0 Å². The van der Waals surface area contributed by atoms with Gasteiger partial charge in [-0.2, -0.15) is 0 Å². The van der Waals surface area contributed by atoms with Crippen LogP contribution in [-0.4, -0.2) is 26.9 Å². The number of rotatable bonds is 2. The Bertz CT molecular complexity index is 699. The van der Waals surface area contributed by atoms with Crippen molar-refractivity contribution >= 4 is 19.0 Å². The van der Waals surface area contributed by atoms with Crippen LogP contribution in [0, 0.1) is 11.5 Å². The number of hydrogen-bond donors (Lipinski definition) is 0. The minimum atomic E-state index is -1.38. The molecular formula is C16H21NO2Si. The first kappa shape index (κ1) is 14.5. The predicted octanol–water partition coefficient (Wildman–Crippen LogP) is 3.42. The van der Waals surface area contributed by atoms with E-state index in [0.29, 0.717) is 0 Å². The predicted molar refractivity (Wildman–Crippen MR) is 86.2 cm³/mol. The molecule has 0 aliphatic carbocycles. The molecule has 0 atom stereocenters. The average molecular weight is 287 g/mol. The fourth-order valence-electron chi connectivity index (χ4n) is 2.06. The maximum atomic E-state index is 5.38. The van der Waals surface area contributed by atoms with Crippen LogP contribution in [0.4, 0.5) is 0 Å². The third-order valence-electron chi connectivity index (χ3n) is 3.07. The molecule has 0 aliphatic heterocycles. The van der Waals surface area contributed by atoms with Crippen LogP contribution in [0.2, 0.25) is 19.6 Å². The normalized spacial score (nSPS) is 11.1. The van der Waals surface area contributed by atoms with Gasteiger partial charge in [0.25, 0.3) is 0 Å². The molecule has 0 aliphatic rings. The molecule has 1 aromatic carbocycles. The van der Waals surface area contributed by atoms with Crippen LogP contribution in [0.25, 0.3) is 10.9 Å². The zero-order valence-electron chi connectivity index (χ0n) is 13.0. The van der Waals surface area contributed by atoms with Gasteiger partial charge in [0.05, 0.1) is 19.7 Å². The summed E-state index contributed by atoms with van der Waals surface area (Å²) in [5.41, 5.74) is 5.56. The van der Waals surface area contributed by atoms with Gasteiger partial charge in [-0.15, -0.1) is 5.54 Å². The van der Waals surface area contributed by atoms with Gasteiger partial charge in [-0.05, 0) is 6.07 Å². The molecule has 3 nitrogen and oxygen atoms in total. The largest absolute Gasteiger partial charge is 0.493 e. The molecule has 2 rings (SSSR count). The van der Waals surface area contributed by atoms with Crippen molar-refractivity contribution in [1.82, 2.24) is 4.57 Å². The lowest BCUT2D eigenvalue weighted by Gasteiger charge is -2.08. The van der Waals surface area contributed by atoms with E-state index in [2.05, 4.69) is 41.9 Å². The van der Waals surface area contributed by atoms with Gasteiger partial charge in [-0.3, -0.25) is 0 Å². The Labute approximate surface area is 121 Å². The van der Waals surface area contributed by atoms with Gasteiger partial charge in [-0.25, -0.2) is 0 Å². The smallest absolute Gasteiger partial charge is 0.162 e. The van der Waals surface area contributed by atoms with Gasteiger partial charge in [0.15, 0.2) is 11.5 Å². The van der Waals surface area contributed by atoms with Gasteiger partial charge in [-0.1, -0.05) is 25.6 Å². The number of nitrogens with zero attached hydrogens (tertiary/aromatic N) is 1. The molecule has 106 valence electrons. The number of benzene rings is 1. The van der Waals surface area contributed by atoms with Crippen molar-refractivity contribution < 1.29 is 9.47 Å². The van der Waals surface area contributed by atoms with Crippen LogP contribution in [0.15, 0.2) is 18.3 Å². The monoisotopic (exact) mass is 287 g/mol. The summed E-state index contributed by atoms with van der Waals surface area (Å²) >= 11 is 0. The van der Waals surface area contributed by atoms with Gasteiger partial charge < -0.3 is 14.0 Å². The minimum Gasteiger partial charge on any atom is -0.493 e. The zero-order chi connectivity index (χ0) is 14.9. The summed E-state index contributed by atoms with van der Waals surface area (Å²) in [5.74, 6) is 4.81. The second kappa shape index (κ2) is 5.26. The molecule has 1 heterocycles. The first-order chi connectivity index (χ1) is 9.35. The first-order valence-electron chi connectivity index (χ1n) is 6.60. The highest BCUT2D eigenvalue weighted by molar-refractivity contribution is 6.83. The van der Waals surface area contributed by atoms with Crippen molar-refractivity contribution in [2.45, 2.75) is 19.6 Å². The van der Waals surface area contributed by atoms with Crippen LogP contribution in [0.1, 0.15) is 5.56 Å². The standard InChI is InChI=1S/C16H21NO2Si/c1-17-11-12(7-8-20(4,5)6)13-9-15(18-2)16(19-3)10-14(13)17/h9-11H,1-6H3. The Balaban J connectivity index is 2.66. The van der Waals surface area contributed by atoms with E-state index in [1.165, 1.54) is 0 Å². The Morgan fingerprint density at radius 2 is 1.65 bits per heavy atom. The maximum Gasteiger partial charge on any atom is 0.162 e. The molecule has 0 saturated carbocycles. The first-order valence-corrected chi connectivity index (χ1v) is 10.1. The van der Waals surface area contributed by atoms with Crippen LogP contribution in [-0.2, 0) is 7.05 Å². The number of fused-ring (bicyclic) bond motifs is 1. The number of ether oxygens (including phenoxy) is 2. The molecule has 0 N–H and O–H groups in total. The maximum absolute atomic E-state index is 5.38. The molecular weight excluding hydrogens is 266 g/mol. The fraction of sp³-hybridized carbons (Fsp3) is 0.375. The van der Waals surface area contributed by atoms with Crippen LogP contribution >= 0.6 is 0 Å². The Hall–Kier alpha value is -1.86. The van der Waals surface area contributed by atoms with Gasteiger partial charge in [0.2, 0.25) is 0 Å². The molecule has 4 heteroatoms. The zero-order valence-corrected chi connectivity index (χ0v) is 14.0. The van der Waals surface area contributed by atoms with Crippen LogP contribution in [0.3, 0.4) is 0 Å². The third kappa shape index (κ3) is 2.83. The Morgan fingerprint density at radius 1 is 1.05 bits per heavy atom. The molecule has 0 radical (unpaired) electrons. The summed E-state index contributed by atoms with van der Waals surface area (Å²) in [6, 6.07) is 4.00. The fourth-order valence-corrected chi connectivity index (χ4v) is 2.57. The van der Waals surface area contributed by atoms with Crippen molar-refractivity contribution in [3.05, 3.63) is 23.9 Å². The van der Waals surface area contributed by atoms with Crippen LogP contribution in [0.5, 0.6) is 11.5 Å². The van der Waals surface area contributed by atoms with Gasteiger partial charge in [0, 0.05) is 30.3 Å². The summed E-state index contributed by atoms with van der Waals surface area (Å²) < 4.78 is 12.8. The molecule has 0 unspecified atom stereocenters. The number of hydrogen-bond acceptors (Lipinski definition) is 2. The number of aryl methyl sites for hydroxylation is 1. The number of aromatic nitrogens is 1. The van der Waals surface area contributed by atoms with E-state index in [1.807, 2.05) is 19.2 Å². The molecule has 0 bridgehead atoms. The summed E-state index contributed by atoms with van der Waals surface area (Å²) in [4.78, 5) is 0. The minimum absolute atomic E-state index is 0.738. The van der Waals surface area contributed by atoms with E-state index >= 15 is 0 Å². The van der Waals surface area contributed by atoms with E-state index in [9.17, 15) is 0 Å². The average Bonchev–Trinajstić information content (AvgIpc) is 2.70. The van der Waals surface area contributed by atoms with Gasteiger partial charge in [0.1, 0.15) is 8.07 Å². The Morgan fingerprint density at radius 3 is 2.20 bits per heavy atom. The summed E-state index contributed by atoms with van der Waals surface area (Å²) in [6.45, 7) is 6.73. The Kier molecular flexibility index (Phi) is 3.82. The lowest BCUT2D eigenvalue weighted by Crippen LogP contribution is -2.16. The molecule has 0 saturated heterocycles. The number of methoxy groups -OCH3 is 2. The molecule has 0 spiro atoms. The molecule has 0 fully saturated rings. The van der Waals surface area contributed by atoms with Crippen molar-refractivity contribution in [2.75, 3.05) is 14.2 Å². The molecule has 0 amide bonds. The summed E-state index contributed by atoms with van der Waals surface area (Å²) in [6.07, 6.45) is 2.07. The quantitative estimate of drug-likeness (QED) is 0.624. The highest BCUT2D eigenvalue weighted by Crippen LogP contribution is 2.34. The van der Waals surface area contributed by atoms with E-state index < -0.39 is 8.07 Å². The highest BCUT2D eigenvalue weighted by Gasteiger charge is 2.12. The highest BCUT2D eigenvalue weighted by atomic mass is 28.3. The second-order valence-corrected chi connectivity index (χ2v) is 10.6. The lowest BCUT2D eigenvalue weighted by molar-refractivity contribution is 0.355.